The predicted molar refractivity (Wildman–Crippen MR) is 213 cm³/mol. The Morgan fingerprint density at radius 2 is 1.81 bits per heavy atom. The number of ether oxygens (including phenoxy) is 2. The Balaban J connectivity index is 0.00000257. The van der Waals surface area contributed by atoms with Crippen molar-refractivity contribution in [2.24, 2.45) is 23.7 Å². The first-order valence-electron chi connectivity index (χ1n) is 19.4. The van der Waals surface area contributed by atoms with Gasteiger partial charge in [-0.2, -0.15) is 0 Å². The van der Waals surface area contributed by atoms with Crippen LogP contribution in [0.3, 0.4) is 0 Å². The molecule has 3 aliphatic heterocycles. The van der Waals surface area contributed by atoms with Gasteiger partial charge in [-0.05, 0) is 84.4 Å². The zero-order valence-corrected chi connectivity index (χ0v) is 33.5. The lowest BCUT2D eigenvalue weighted by molar-refractivity contribution is -0.0782. The van der Waals surface area contributed by atoms with Crippen LogP contribution in [-0.4, -0.2) is 110 Å². The first-order valence-corrected chi connectivity index (χ1v) is 21.1. The van der Waals surface area contributed by atoms with Crippen molar-refractivity contribution in [1.29, 1.82) is 0 Å². The molecule has 1 amide bonds. The molecular formula is C41H61ClN4O5S. The van der Waals surface area contributed by atoms with E-state index in [4.69, 9.17) is 26.2 Å². The highest BCUT2D eigenvalue weighted by Crippen LogP contribution is 2.44. The molecule has 2 aromatic rings. The van der Waals surface area contributed by atoms with E-state index in [0.29, 0.717) is 47.6 Å². The second-order valence-corrected chi connectivity index (χ2v) is 17.0. The molecule has 5 unspecified atom stereocenters. The number of carbonyl (C=O) groups is 1. The van der Waals surface area contributed by atoms with Crippen molar-refractivity contribution >= 4 is 34.2 Å². The third-order valence-electron chi connectivity index (χ3n) is 11.2. The molecule has 52 heavy (non-hydrogen) atoms. The first-order chi connectivity index (χ1) is 25.2. The molecule has 5 atom stereocenters. The van der Waals surface area contributed by atoms with Gasteiger partial charge in [0.25, 0.3) is 5.91 Å². The van der Waals surface area contributed by atoms with E-state index in [1.54, 1.807) is 13.0 Å². The molecule has 2 N–H and O–H groups in total. The summed E-state index contributed by atoms with van der Waals surface area (Å²) in [5.74, 6) is 3.15. The van der Waals surface area contributed by atoms with E-state index in [9.17, 15) is 9.00 Å². The summed E-state index contributed by atoms with van der Waals surface area (Å²) >= 11 is 6.49. The molecule has 1 aliphatic carbocycles. The van der Waals surface area contributed by atoms with E-state index in [1.165, 1.54) is 24.0 Å². The number of hydrogen-bond acceptors (Lipinski definition) is 8. The number of allylic oxidation sites excluding steroid dienone is 1. The first kappa shape index (κ1) is 40.7. The average molecular weight is 757 g/mol. The van der Waals surface area contributed by atoms with Gasteiger partial charge in [-0.1, -0.05) is 63.9 Å². The monoisotopic (exact) mass is 756 g/mol. The second kappa shape index (κ2) is 19.7. The zero-order chi connectivity index (χ0) is 37.2. The normalized spacial score (nSPS) is 23.8. The molecular weight excluding hydrogens is 696 g/mol. The lowest BCUT2D eigenvalue weighted by Crippen LogP contribution is -2.57. The summed E-state index contributed by atoms with van der Waals surface area (Å²) in [7, 11) is -0.405. The second-order valence-electron chi connectivity index (χ2n) is 15.1. The summed E-state index contributed by atoms with van der Waals surface area (Å²) < 4.78 is 26.9. The number of aryl methyl sites for hydroxylation is 1. The van der Waals surface area contributed by atoms with Crippen LogP contribution >= 0.6 is 11.6 Å². The van der Waals surface area contributed by atoms with Crippen molar-refractivity contribution in [1.82, 2.24) is 14.5 Å². The van der Waals surface area contributed by atoms with Crippen LogP contribution in [0.2, 0.25) is 5.02 Å². The molecule has 0 spiro atoms. The highest BCUT2D eigenvalue weighted by atomic mass is 35.5. The lowest BCUT2D eigenvalue weighted by Gasteiger charge is -2.47. The van der Waals surface area contributed by atoms with Gasteiger partial charge in [-0.15, -0.1) is 0 Å². The van der Waals surface area contributed by atoms with Gasteiger partial charge >= 0.3 is 0 Å². The molecule has 0 aromatic heterocycles. The zero-order valence-electron chi connectivity index (χ0n) is 31.9. The number of aliphatic hydroxyl groups is 1. The number of amides is 1. The minimum absolute atomic E-state index is 0.151. The van der Waals surface area contributed by atoms with Crippen molar-refractivity contribution < 1.29 is 23.6 Å². The van der Waals surface area contributed by atoms with Crippen molar-refractivity contribution in [2.45, 2.75) is 65.3 Å². The summed E-state index contributed by atoms with van der Waals surface area (Å²) in [6.07, 6.45) is 9.38. The van der Waals surface area contributed by atoms with Crippen LogP contribution < -0.4 is 14.4 Å². The summed E-state index contributed by atoms with van der Waals surface area (Å²) in [5, 5.41) is 7.77. The molecule has 3 fully saturated rings. The molecule has 1 saturated carbocycles. The van der Waals surface area contributed by atoms with Crippen LogP contribution in [0.4, 0.5) is 5.69 Å². The fourth-order valence-electron chi connectivity index (χ4n) is 8.10. The predicted octanol–water partition coefficient (Wildman–Crippen LogP) is 6.17. The average Bonchev–Trinajstić information content (AvgIpc) is 3.29. The van der Waals surface area contributed by atoms with Crippen LogP contribution in [0.5, 0.6) is 5.75 Å². The molecule has 0 radical (unpaired) electrons. The van der Waals surface area contributed by atoms with Gasteiger partial charge < -0.3 is 24.4 Å². The number of aliphatic hydroxyl groups excluding tert-OH is 1. The van der Waals surface area contributed by atoms with Crippen LogP contribution in [0.15, 0.2) is 48.6 Å². The number of rotatable bonds is 14. The third-order valence-corrected chi connectivity index (χ3v) is 12.4. The van der Waals surface area contributed by atoms with Crippen molar-refractivity contribution in [2.75, 3.05) is 83.4 Å². The number of halogens is 1. The Hall–Kier alpha value is -2.47. The van der Waals surface area contributed by atoms with E-state index in [0.717, 1.165) is 95.4 Å². The van der Waals surface area contributed by atoms with E-state index < -0.39 is 11.0 Å². The van der Waals surface area contributed by atoms with Gasteiger partial charge in [0.2, 0.25) is 0 Å². The van der Waals surface area contributed by atoms with E-state index in [-0.39, 0.29) is 11.8 Å². The van der Waals surface area contributed by atoms with Crippen LogP contribution in [0.1, 0.15) is 74.4 Å². The summed E-state index contributed by atoms with van der Waals surface area (Å²) in [5.41, 5.74) is 4.03. The van der Waals surface area contributed by atoms with Crippen molar-refractivity contribution in [3.8, 4) is 5.75 Å². The van der Waals surface area contributed by atoms with Crippen molar-refractivity contribution in [3.63, 3.8) is 0 Å². The standard InChI is InChI=1S/C40H57ClN4O4S.CH4O/c1-5-7-29-20-34(41)12-14-36(29)33-24-45(38-21-30(11-15-39(38)49-25-33)40(46)42-50(47)6-2)23-32-10-13-37(32)31(9-8-28(3)4)22-43-16-18-44(19-17-43)35-26-48-27-35;1-2/h8-9,11-12,14-15,20-21,28,31-33,35,37H,5-7,10,13,16-19,22-27H2,1-4H3,(H,42,46);2H,1H3/b9-8+;. The lowest BCUT2D eigenvalue weighted by atomic mass is 9.66. The molecule has 11 heteroatoms. The number of nitrogens with one attached hydrogen (secondary N) is 1. The van der Waals surface area contributed by atoms with Gasteiger partial charge in [-0.3, -0.25) is 14.4 Å². The van der Waals surface area contributed by atoms with Gasteiger partial charge in [0.05, 0.1) is 31.5 Å². The SMILES string of the molecule is CCCc1cc(Cl)ccc1C1COc2ccc(C(=O)NS(=O)CC)cc2N(CC2CCC2C(/C=C/C(C)C)CN2CCN(C3COC3)CC2)C1.CO. The van der Waals surface area contributed by atoms with Crippen LogP contribution in [0, 0.1) is 23.7 Å². The molecule has 6 rings (SSSR count). The van der Waals surface area contributed by atoms with Gasteiger partial charge in [0, 0.05) is 75.2 Å². The molecule has 9 nitrogen and oxygen atoms in total. The molecule has 0 bridgehead atoms. The summed E-state index contributed by atoms with van der Waals surface area (Å²) in [6.45, 7) is 18.2. The van der Waals surface area contributed by atoms with Crippen LogP contribution in [-0.2, 0) is 22.1 Å². The minimum Gasteiger partial charge on any atom is -0.491 e. The van der Waals surface area contributed by atoms with Crippen molar-refractivity contribution in [3.05, 3.63) is 70.3 Å². The van der Waals surface area contributed by atoms with E-state index in [1.807, 2.05) is 18.2 Å². The Kier molecular flexibility index (Phi) is 15.5. The van der Waals surface area contributed by atoms with Crippen LogP contribution in [0.25, 0.3) is 0 Å². The molecule has 2 aromatic carbocycles. The van der Waals surface area contributed by atoms with E-state index >= 15 is 0 Å². The number of hydrogen-bond donors (Lipinski definition) is 2. The fraction of sp³-hybridized carbons (Fsp3) is 0.634. The number of fused-ring (bicyclic) bond motifs is 1. The number of benzene rings is 2. The van der Waals surface area contributed by atoms with Gasteiger partial charge in [0.15, 0.2) is 0 Å². The molecule has 2 saturated heterocycles. The Bertz CT molecular complexity index is 1510. The Morgan fingerprint density at radius 1 is 1.04 bits per heavy atom. The summed E-state index contributed by atoms with van der Waals surface area (Å²) in [4.78, 5) is 20.9. The number of nitrogens with zero attached hydrogens (tertiary/aromatic N) is 3. The number of anilines is 1. The Labute approximate surface area is 319 Å². The molecule has 4 aliphatic rings. The largest absolute Gasteiger partial charge is 0.491 e. The quantitative estimate of drug-likeness (QED) is 0.221. The topological polar surface area (TPSA) is 94.6 Å². The molecule has 3 heterocycles. The van der Waals surface area contributed by atoms with Gasteiger partial charge in [0.1, 0.15) is 16.7 Å². The third kappa shape index (κ3) is 10.4. The summed E-state index contributed by atoms with van der Waals surface area (Å²) in [6, 6.07) is 12.6. The number of carbonyl (C=O) groups excluding carboxylic acids is 1. The fourth-order valence-corrected chi connectivity index (χ4v) is 8.77. The van der Waals surface area contributed by atoms with E-state index in [2.05, 4.69) is 64.5 Å². The highest BCUT2D eigenvalue weighted by Gasteiger charge is 2.40. The molecule has 288 valence electrons. The Morgan fingerprint density at radius 3 is 2.44 bits per heavy atom. The smallest absolute Gasteiger partial charge is 0.263 e. The maximum absolute atomic E-state index is 13.2. The number of piperazine rings is 1. The highest BCUT2D eigenvalue weighted by molar-refractivity contribution is 7.83. The minimum atomic E-state index is -1.41. The van der Waals surface area contributed by atoms with Gasteiger partial charge in [-0.25, -0.2) is 4.21 Å². The maximum atomic E-state index is 13.2. The maximum Gasteiger partial charge on any atom is 0.263 e.